The third-order valence-electron chi connectivity index (χ3n) is 2.37. The summed E-state index contributed by atoms with van der Waals surface area (Å²) in [4.78, 5) is 23.1. The first-order valence-electron chi connectivity index (χ1n) is 5.86. The van der Waals surface area contributed by atoms with E-state index in [-0.39, 0.29) is 6.54 Å². The molecular weight excluding hydrogens is 248 g/mol. The number of rotatable bonds is 4. The Bertz CT molecular complexity index is 472. The maximum atomic E-state index is 11.6. The van der Waals surface area contributed by atoms with E-state index < -0.39 is 17.9 Å². The second kappa shape index (κ2) is 6.75. The molecule has 1 unspecified atom stereocenters. The van der Waals surface area contributed by atoms with Gasteiger partial charge < -0.3 is 20.5 Å². The second-order valence-corrected chi connectivity index (χ2v) is 4.22. The van der Waals surface area contributed by atoms with Crippen LogP contribution < -0.4 is 15.4 Å². The lowest BCUT2D eigenvalue weighted by molar-refractivity contribution is -0.136. The maximum Gasteiger partial charge on any atom is 0.313 e. The van der Waals surface area contributed by atoms with Crippen LogP contribution in [0, 0.1) is 6.92 Å². The van der Waals surface area contributed by atoms with Gasteiger partial charge in [0.05, 0.1) is 18.9 Å². The average Bonchev–Trinajstić information content (AvgIpc) is 2.36. The normalized spacial score (nSPS) is 11.6. The number of nitrogens with one attached hydrogen (secondary N) is 2. The van der Waals surface area contributed by atoms with Crippen molar-refractivity contribution in [2.24, 2.45) is 0 Å². The summed E-state index contributed by atoms with van der Waals surface area (Å²) in [6.07, 6.45) is -0.703. The Morgan fingerprint density at radius 1 is 1.37 bits per heavy atom. The Kier molecular flexibility index (Phi) is 5.32. The summed E-state index contributed by atoms with van der Waals surface area (Å²) in [7, 11) is 1.48. The largest absolute Gasteiger partial charge is 0.495 e. The van der Waals surface area contributed by atoms with E-state index in [9.17, 15) is 9.59 Å². The van der Waals surface area contributed by atoms with Crippen LogP contribution in [0.4, 0.5) is 5.69 Å². The first-order chi connectivity index (χ1) is 8.93. The van der Waals surface area contributed by atoms with E-state index in [1.165, 1.54) is 14.0 Å². The molecule has 0 aliphatic rings. The number of methoxy groups -OCH3 is 1. The molecule has 0 heterocycles. The van der Waals surface area contributed by atoms with Crippen molar-refractivity contribution in [1.82, 2.24) is 5.32 Å². The fourth-order valence-corrected chi connectivity index (χ4v) is 1.42. The number of carbonyl (C=O) groups excluding carboxylic acids is 2. The van der Waals surface area contributed by atoms with Crippen LogP contribution in [0.15, 0.2) is 18.2 Å². The fraction of sp³-hybridized carbons (Fsp3) is 0.385. The van der Waals surface area contributed by atoms with Crippen molar-refractivity contribution in [2.75, 3.05) is 19.0 Å². The van der Waals surface area contributed by atoms with Crippen LogP contribution >= 0.6 is 0 Å². The summed E-state index contributed by atoms with van der Waals surface area (Å²) in [5.74, 6) is -1.13. The molecule has 0 saturated heterocycles. The van der Waals surface area contributed by atoms with Gasteiger partial charge in [-0.15, -0.1) is 0 Å². The van der Waals surface area contributed by atoms with Crippen LogP contribution in [0.2, 0.25) is 0 Å². The lowest BCUT2D eigenvalue weighted by Crippen LogP contribution is -2.38. The molecule has 3 N–H and O–H groups in total. The number of hydrogen-bond acceptors (Lipinski definition) is 4. The molecule has 0 bridgehead atoms. The van der Waals surface area contributed by atoms with Crippen molar-refractivity contribution in [1.29, 1.82) is 0 Å². The van der Waals surface area contributed by atoms with Crippen LogP contribution in [-0.4, -0.2) is 36.7 Å². The van der Waals surface area contributed by atoms with Gasteiger partial charge in [0.15, 0.2) is 0 Å². The molecule has 104 valence electrons. The average molecular weight is 266 g/mol. The highest BCUT2D eigenvalue weighted by molar-refractivity contribution is 6.39. The molecule has 19 heavy (non-hydrogen) atoms. The molecule has 1 aromatic rings. The third-order valence-corrected chi connectivity index (χ3v) is 2.37. The number of benzene rings is 1. The number of ether oxygens (including phenoxy) is 1. The topological polar surface area (TPSA) is 87.7 Å². The Hall–Kier alpha value is -2.08. The minimum Gasteiger partial charge on any atom is -0.495 e. The monoisotopic (exact) mass is 266 g/mol. The number of aliphatic hydroxyl groups excluding tert-OH is 1. The van der Waals surface area contributed by atoms with Gasteiger partial charge in [0, 0.05) is 6.54 Å². The van der Waals surface area contributed by atoms with E-state index in [0.717, 1.165) is 5.56 Å². The van der Waals surface area contributed by atoms with E-state index >= 15 is 0 Å². The molecule has 1 aromatic carbocycles. The molecule has 0 aromatic heterocycles. The van der Waals surface area contributed by atoms with Crippen molar-refractivity contribution in [3.05, 3.63) is 23.8 Å². The van der Waals surface area contributed by atoms with E-state index in [1.54, 1.807) is 12.1 Å². The molecule has 0 fully saturated rings. The lowest BCUT2D eigenvalue weighted by atomic mass is 10.2. The molecular formula is C13H18N2O4. The van der Waals surface area contributed by atoms with Gasteiger partial charge in [-0.25, -0.2) is 0 Å². The van der Waals surface area contributed by atoms with Gasteiger partial charge in [0.2, 0.25) is 0 Å². The van der Waals surface area contributed by atoms with E-state index in [4.69, 9.17) is 9.84 Å². The maximum absolute atomic E-state index is 11.6. The van der Waals surface area contributed by atoms with E-state index in [0.29, 0.717) is 11.4 Å². The number of carbonyl (C=O) groups is 2. The van der Waals surface area contributed by atoms with Crippen LogP contribution in [0.3, 0.4) is 0 Å². The van der Waals surface area contributed by atoms with Gasteiger partial charge in [0.1, 0.15) is 5.75 Å². The molecule has 1 rings (SSSR count). The predicted octanol–water partition coefficient (Wildman–Crippen LogP) is 0.439. The van der Waals surface area contributed by atoms with Crippen LogP contribution in [0.1, 0.15) is 12.5 Å². The zero-order valence-corrected chi connectivity index (χ0v) is 11.2. The SMILES string of the molecule is COc1ccc(C)cc1NC(=O)C(=O)NCC(C)O. The molecule has 0 saturated carbocycles. The van der Waals surface area contributed by atoms with Gasteiger partial charge in [-0.2, -0.15) is 0 Å². The molecule has 1 atom stereocenters. The third kappa shape index (κ3) is 4.59. The van der Waals surface area contributed by atoms with Crippen molar-refractivity contribution in [3.8, 4) is 5.75 Å². The molecule has 0 radical (unpaired) electrons. The zero-order valence-electron chi connectivity index (χ0n) is 11.2. The first-order valence-corrected chi connectivity index (χ1v) is 5.86. The fourth-order valence-electron chi connectivity index (χ4n) is 1.42. The highest BCUT2D eigenvalue weighted by atomic mass is 16.5. The van der Waals surface area contributed by atoms with E-state index in [1.807, 2.05) is 13.0 Å². The summed E-state index contributed by atoms with van der Waals surface area (Å²) in [6, 6.07) is 5.25. The summed E-state index contributed by atoms with van der Waals surface area (Å²) in [5.41, 5.74) is 1.36. The van der Waals surface area contributed by atoms with Crippen molar-refractivity contribution in [2.45, 2.75) is 20.0 Å². The molecule has 0 aliphatic carbocycles. The number of aliphatic hydroxyl groups is 1. The Balaban J connectivity index is 2.71. The van der Waals surface area contributed by atoms with Crippen LogP contribution in [0.5, 0.6) is 5.75 Å². The highest BCUT2D eigenvalue weighted by Gasteiger charge is 2.16. The number of aryl methyl sites for hydroxylation is 1. The zero-order chi connectivity index (χ0) is 14.4. The van der Waals surface area contributed by atoms with Gasteiger partial charge in [-0.3, -0.25) is 9.59 Å². The first kappa shape index (κ1) is 15.0. The predicted molar refractivity (Wildman–Crippen MR) is 71.1 cm³/mol. The van der Waals surface area contributed by atoms with Gasteiger partial charge in [0.25, 0.3) is 0 Å². The lowest BCUT2D eigenvalue weighted by Gasteiger charge is -2.11. The molecule has 0 spiro atoms. The minimum atomic E-state index is -0.801. The number of anilines is 1. The molecule has 6 heteroatoms. The Labute approximate surface area is 111 Å². The minimum absolute atomic E-state index is 0.0250. The van der Waals surface area contributed by atoms with Gasteiger partial charge in [-0.1, -0.05) is 6.07 Å². The Morgan fingerprint density at radius 3 is 2.63 bits per heavy atom. The molecule has 2 amide bonds. The quantitative estimate of drug-likeness (QED) is 0.690. The number of hydrogen-bond donors (Lipinski definition) is 3. The Morgan fingerprint density at radius 2 is 2.05 bits per heavy atom. The van der Waals surface area contributed by atoms with Crippen molar-refractivity contribution >= 4 is 17.5 Å². The highest BCUT2D eigenvalue weighted by Crippen LogP contribution is 2.24. The van der Waals surface area contributed by atoms with Crippen molar-refractivity contribution in [3.63, 3.8) is 0 Å². The molecule has 6 nitrogen and oxygen atoms in total. The molecule has 0 aliphatic heterocycles. The summed E-state index contributed by atoms with van der Waals surface area (Å²) >= 11 is 0. The van der Waals surface area contributed by atoms with Gasteiger partial charge in [-0.05, 0) is 31.5 Å². The summed E-state index contributed by atoms with van der Waals surface area (Å²) in [5, 5.41) is 13.8. The second-order valence-electron chi connectivity index (χ2n) is 4.22. The standard InChI is InChI=1S/C13H18N2O4/c1-8-4-5-11(19-3)10(6-8)15-13(18)12(17)14-7-9(2)16/h4-6,9,16H,7H2,1-3H3,(H,14,17)(H,15,18). The summed E-state index contributed by atoms with van der Waals surface area (Å²) < 4.78 is 5.09. The summed E-state index contributed by atoms with van der Waals surface area (Å²) in [6.45, 7) is 3.40. The van der Waals surface area contributed by atoms with Crippen LogP contribution in [0.25, 0.3) is 0 Å². The van der Waals surface area contributed by atoms with Gasteiger partial charge >= 0.3 is 11.8 Å². The number of amides is 2. The van der Waals surface area contributed by atoms with Crippen LogP contribution in [-0.2, 0) is 9.59 Å². The van der Waals surface area contributed by atoms with E-state index in [2.05, 4.69) is 10.6 Å². The smallest absolute Gasteiger partial charge is 0.313 e. The van der Waals surface area contributed by atoms with Crippen molar-refractivity contribution < 1.29 is 19.4 Å².